The lowest BCUT2D eigenvalue weighted by molar-refractivity contribution is -0.159. The fourth-order valence-electron chi connectivity index (χ4n) is 3.79. The number of hydrogen-bond acceptors (Lipinski definition) is 6. The highest BCUT2D eigenvalue weighted by atomic mass is 16.5. The number of carboxylic acids is 2. The monoisotopic (exact) mass is 408 g/mol. The van der Waals surface area contributed by atoms with Crippen molar-refractivity contribution in [2.75, 3.05) is 40.4 Å². The minimum Gasteiger partial charge on any atom is -0.493 e. The van der Waals surface area contributed by atoms with Crippen molar-refractivity contribution in [2.45, 2.75) is 31.7 Å². The summed E-state index contributed by atoms with van der Waals surface area (Å²) >= 11 is 0. The molecular formula is C20H28N2O7. The molecule has 0 radical (unpaired) electrons. The van der Waals surface area contributed by atoms with E-state index >= 15 is 0 Å². The maximum Gasteiger partial charge on any atom is 0.414 e. The van der Waals surface area contributed by atoms with Gasteiger partial charge in [0.25, 0.3) is 5.91 Å². The molecule has 1 saturated heterocycles. The topological polar surface area (TPSA) is 117 Å². The highest BCUT2D eigenvalue weighted by Gasteiger charge is 2.29. The first-order valence-electron chi connectivity index (χ1n) is 9.59. The lowest BCUT2D eigenvalue weighted by atomic mass is 10.1. The first kappa shape index (κ1) is 22.5. The number of methoxy groups -OCH3 is 2. The summed E-state index contributed by atoms with van der Waals surface area (Å²) in [5, 5.41) is 14.8. The molecule has 1 heterocycles. The molecule has 0 bridgehead atoms. The molecule has 0 spiro atoms. The van der Waals surface area contributed by atoms with E-state index in [2.05, 4.69) is 4.90 Å². The number of ether oxygens (including phenoxy) is 2. The summed E-state index contributed by atoms with van der Waals surface area (Å²) in [4.78, 5) is 35.5. The van der Waals surface area contributed by atoms with E-state index in [1.807, 2.05) is 23.1 Å². The second-order valence-electron chi connectivity index (χ2n) is 6.92. The zero-order valence-electron chi connectivity index (χ0n) is 16.8. The van der Waals surface area contributed by atoms with Crippen molar-refractivity contribution in [3.05, 3.63) is 23.8 Å². The summed E-state index contributed by atoms with van der Waals surface area (Å²) in [6.07, 6.45) is 5.34. The fourth-order valence-corrected chi connectivity index (χ4v) is 3.79. The van der Waals surface area contributed by atoms with Gasteiger partial charge in [0, 0.05) is 32.2 Å². The predicted octanol–water partition coefficient (Wildman–Crippen LogP) is 1.56. The van der Waals surface area contributed by atoms with E-state index in [1.54, 1.807) is 14.2 Å². The third-order valence-corrected chi connectivity index (χ3v) is 5.26. The molecule has 1 aliphatic heterocycles. The van der Waals surface area contributed by atoms with Crippen LogP contribution >= 0.6 is 0 Å². The Bertz CT molecular complexity index is 712. The lowest BCUT2D eigenvalue weighted by Crippen LogP contribution is -2.51. The molecular weight excluding hydrogens is 380 g/mol. The number of para-hydroxylation sites is 1. The van der Waals surface area contributed by atoms with Gasteiger partial charge >= 0.3 is 11.9 Å². The van der Waals surface area contributed by atoms with Gasteiger partial charge < -0.3 is 24.6 Å². The smallest absolute Gasteiger partial charge is 0.414 e. The van der Waals surface area contributed by atoms with Crippen molar-refractivity contribution in [3.8, 4) is 11.5 Å². The molecule has 29 heavy (non-hydrogen) atoms. The van der Waals surface area contributed by atoms with E-state index < -0.39 is 11.9 Å². The number of carboxylic acid groups (broad SMARTS) is 2. The Morgan fingerprint density at radius 3 is 2.00 bits per heavy atom. The number of carbonyl (C=O) groups is 3. The first-order chi connectivity index (χ1) is 13.9. The van der Waals surface area contributed by atoms with Gasteiger partial charge in [0.2, 0.25) is 0 Å². The molecule has 1 amide bonds. The van der Waals surface area contributed by atoms with Crippen LogP contribution in [-0.4, -0.2) is 84.3 Å². The Balaban J connectivity index is 0.000000438. The normalized spacial score (nSPS) is 17.2. The highest BCUT2D eigenvalue weighted by Crippen LogP contribution is 2.32. The van der Waals surface area contributed by atoms with Crippen LogP contribution in [0.15, 0.2) is 18.2 Å². The Morgan fingerprint density at radius 1 is 0.931 bits per heavy atom. The van der Waals surface area contributed by atoms with Crippen LogP contribution in [0.25, 0.3) is 0 Å². The molecule has 1 aromatic rings. The molecule has 0 unspecified atom stereocenters. The van der Waals surface area contributed by atoms with Gasteiger partial charge in [-0.1, -0.05) is 18.9 Å². The van der Waals surface area contributed by atoms with E-state index in [-0.39, 0.29) is 5.91 Å². The van der Waals surface area contributed by atoms with Crippen molar-refractivity contribution in [1.29, 1.82) is 0 Å². The minimum absolute atomic E-state index is 0.0341. The van der Waals surface area contributed by atoms with Gasteiger partial charge in [-0.25, -0.2) is 9.59 Å². The number of carbonyl (C=O) groups excluding carboxylic acids is 1. The van der Waals surface area contributed by atoms with Crippen LogP contribution in [0.1, 0.15) is 36.0 Å². The predicted molar refractivity (Wildman–Crippen MR) is 105 cm³/mol. The van der Waals surface area contributed by atoms with Crippen molar-refractivity contribution in [1.82, 2.24) is 9.80 Å². The van der Waals surface area contributed by atoms with Crippen molar-refractivity contribution >= 4 is 17.8 Å². The molecule has 3 rings (SSSR count). The summed E-state index contributed by atoms with van der Waals surface area (Å²) in [7, 11) is 3.17. The molecule has 2 fully saturated rings. The van der Waals surface area contributed by atoms with Crippen LogP contribution in [0, 0.1) is 0 Å². The van der Waals surface area contributed by atoms with E-state index in [0.717, 1.165) is 32.2 Å². The molecule has 2 N–H and O–H groups in total. The second kappa shape index (κ2) is 10.7. The van der Waals surface area contributed by atoms with Gasteiger partial charge in [-0.05, 0) is 25.0 Å². The van der Waals surface area contributed by atoms with Crippen LogP contribution in [0.5, 0.6) is 11.5 Å². The fraction of sp³-hybridized carbons (Fsp3) is 0.550. The molecule has 0 aromatic heterocycles. The zero-order valence-corrected chi connectivity index (χ0v) is 16.8. The maximum atomic E-state index is 12.8. The van der Waals surface area contributed by atoms with Gasteiger partial charge in [-0.2, -0.15) is 0 Å². The van der Waals surface area contributed by atoms with E-state index in [9.17, 15) is 4.79 Å². The van der Waals surface area contributed by atoms with Crippen LogP contribution in [0.4, 0.5) is 0 Å². The number of hydrogen-bond donors (Lipinski definition) is 2. The zero-order chi connectivity index (χ0) is 21.4. The Morgan fingerprint density at radius 2 is 1.52 bits per heavy atom. The Kier molecular flexibility index (Phi) is 8.26. The number of amides is 1. The number of nitrogens with zero attached hydrogens (tertiary/aromatic N) is 2. The van der Waals surface area contributed by atoms with Gasteiger partial charge in [0.15, 0.2) is 11.5 Å². The average molecular weight is 408 g/mol. The van der Waals surface area contributed by atoms with E-state index in [4.69, 9.17) is 29.3 Å². The standard InChI is InChI=1S/C18H26N2O3.C2H2O4/c1-22-16-9-5-8-15(17(16)23-2)18(21)20-12-10-19(11-13-20)14-6-3-4-7-14;3-1(4)2(5)6/h5,8-9,14H,3-4,6-7,10-13H2,1-2H3;(H,3,4)(H,5,6). The minimum atomic E-state index is -1.82. The number of piperazine rings is 1. The average Bonchev–Trinajstić information content (AvgIpc) is 3.28. The summed E-state index contributed by atoms with van der Waals surface area (Å²) in [6.45, 7) is 3.52. The van der Waals surface area contributed by atoms with Gasteiger partial charge in [-0.15, -0.1) is 0 Å². The molecule has 1 aliphatic carbocycles. The van der Waals surface area contributed by atoms with Crippen molar-refractivity contribution in [2.24, 2.45) is 0 Å². The molecule has 9 nitrogen and oxygen atoms in total. The molecule has 2 aliphatic rings. The summed E-state index contributed by atoms with van der Waals surface area (Å²) in [6, 6.07) is 6.20. The van der Waals surface area contributed by atoms with Crippen LogP contribution < -0.4 is 9.47 Å². The number of aliphatic carboxylic acids is 2. The molecule has 1 aromatic carbocycles. The summed E-state index contributed by atoms with van der Waals surface area (Å²) < 4.78 is 10.7. The van der Waals surface area contributed by atoms with Crippen LogP contribution in [0.3, 0.4) is 0 Å². The van der Waals surface area contributed by atoms with Crippen molar-refractivity contribution < 1.29 is 34.1 Å². The summed E-state index contributed by atoms with van der Waals surface area (Å²) in [5.74, 6) is -2.49. The SMILES string of the molecule is COc1cccc(C(=O)N2CCN(C3CCCC3)CC2)c1OC.O=C(O)C(=O)O. The Labute approximate surface area is 169 Å². The van der Waals surface area contributed by atoms with Crippen LogP contribution in [-0.2, 0) is 9.59 Å². The maximum absolute atomic E-state index is 12.8. The molecule has 1 saturated carbocycles. The molecule has 160 valence electrons. The quantitative estimate of drug-likeness (QED) is 0.721. The lowest BCUT2D eigenvalue weighted by Gasteiger charge is -2.38. The van der Waals surface area contributed by atoms with Gasteiger partial charge in [0.1, 0.15) is 0 Å². The Hall–Kier alpha value is -2.81. The largest absolute Gasteiger partial charge is 0.493 e. The third kappa shape index (κ3) is 5.83. The third-order valence-electron chi connectivity index (χ3n) is 5.26. The summed E-state index contributed by atoms with van der Waals surface area (Å²) in [5.41, 5.74) is 0.584. The van der Waals surface area contributed by atoms with E-state index in [1.165, 1.54) is 25.7 Å². The van der Waals surface area contributed by atoms with Crippen molar-refractivity contribution in [3.63, 3.8) is 0 Å². The second-order valence-corrected chi connectivity index (χ2v) is 6.92. The molecule has 9 heteroatoms. The van der Waals surface area contributed by atoms with Gasteiger partial charge in [0.05, 0.1) is 19.8 Å². The van der Waals surface area contributed by atoms with E-state index in [0.29, 0.717) is 17.1 Å². The van der Waals surface area contributed by atoms with Crippen LogP contribution in [0.2, 0.25) is 0 Å². The highest BCUT2D eigenvalue weighted by molar-refractivity contribution is 6.27. The van der Waals surface area contributed by atoms with Gasteiger partial charge in [-0.3, -0.25) is 9.69 Å². The first-order valence-corrected chi connectivity index (χ1v) is 9.59. The number of rotatable bonds is 4. The molecule has 0 atom stereocenters. The number of benzene rings is 1.